The minimum Gasteiger partial charge on any atom is -0.456 e. The average Bonchev–Trinajstić information content (AvgIpc) is 3.27. The van der Waals surface area contributed by atoms with Crippen molar-refractivity contribution in [2.24, 2.45) is 16.7 Å². The minimum absolute atomic E-state index is 0.00289. The Kier molecular flexibility index (Phi) is 14.3. The van der Waals surface area contributed by atoms with Gasteiger partial charge >= 0.3 is 32.6 Å². The van der Waals surface area contributed by atoms with Gasteiger partial charge in [0.15, 0.2) is 23.6 Å². The quantitative estimate of drug-likeness (QED) is 0.0836. The standard InChI is InChI=1S/C47H51NO14.HO2P/c1-25-31(60-43(56)36(52)35(28-16-10-7-11-17-28)48-41(54)29-18-12-8-13-19-29)23-47(57)40(61-42(55)30-20-14-9-15-21-30)38-45(6,32(51)22-33-46(38,24-58-33)62-27(3)50)39(53)37(59-26(2)49)34(25)44(47,4)5;1-3-2/h7-21,31-33,35-38,40,51-52,57H,22-24H2,1-6H3,(H,48,54);(H,1,2)/t31-,32-,33+,35-,36+,37+,38-,40-,45+,46-,47+;/m0./s1. The summed E-state index contributed by atoms with van der Waals surface area (Å²) in [6, 6.07) is 22.9. The number of benzene rings is 3. The lowest BCUT2D eigenvalue weighted by Gasteiger charge is -2.67. The number of aliphatic hydroxyl groups is 3. The van der Waals surface area contributed by atoms with Crippen LogP contribution in [0, 0.1) is 16.7 Å². The number of Topliss-reactive ketones (excluding diaryl/α,β-unsaturated/α-hetero) is 1. The van der Waals surface area contributed by atoms with Crippen LogP contribution in [-0.4, -0.2) is 110 Å². The lowest BCUT2D eigenvalue weighted by Crippen LogP contribution is -2.82. The molecular formula is C47H52NO16P. The maximum atomic E-state index is 15.5. The highest BCUT2D eigenvalue weighted by atomic mass is 31.1. The van der Waals surface area contributed by atoms with E-state index in [1.165, 1.54) is 26.0 Å². The maximum absolute atomic E-state index is 15.5. The Hall–Kier alpha value is -5.68. The number of rotatable bonds is 10. The first-order chi connectivity index (χ1) is 30.7. The molecular weight excluding hydrogens is 865 g/mol. The third-order valence-electron chi connectivity index (χ3n) is 13.5. The van der Waals surface area contributed by atoms with Gasteiger partial charge in [-0.15, -0.1) is 0 Å². The Morgan fingerprint density at radius 2 is 1.40 bits per heavy atom. The zero-order valence-electron chi connectivity index (χ0n) is 36.5. The van der Waals surface area contributed by atoms with E-state index in [2.05, 4.69) is 5.32 Å². The normalized spacial score (nSPS) is 30.7. The largest absolute Gasteiger partial charge is 0.456 e. The fourth-order valence-corrected chi connectivity index (χ4v) is 10.2. The monoisotopic (exact) mass is 917 g/mol. The summed E-state index contributed by atoms with van der Waals surface area (Å²) in [6.07, 6.45) is -10.5. The molecule has 7 rings (SSSR count). The van der Waals surface area contributed by atoms with Crippen LogP contribution in [0.3, 0.4) is 0 Å². The summed E-state index contributed by atoms with van der Waals surface area (Å²) in [4.78, 5) is 90.4. The molecule has 3 aliphatic carbocycles. The fourth-order valence-electron chi connectivity index (χ4n) is 10.2. The van der Waals surface area contributed by atoms with Crippen LogP contribution in [0.15, 0.2) is 102 Å². The molecule has 2 bridgehead atoms. The second kappa shape index (κ2) is 19.0. The molecule has 1 saturated heterocycles. The zero-order valence-corrected chi connectivity index (χ0v) is 37.4. The molecule has 3 fully saturated rings. The number of amides is 1. The number of hydrogen-bond donors (Lipinski definition) is 5. The van der Waals surface area contributed by atoms with Gasteiger partial charge in [-0.25, -0.2) is 14.2 Å². The third-order valence-corrected chi connectivity index (χ3v) is 13.5. The van der Waals surface area contributed by atoms with E-state index in [9.17, 15) is 39.3 Å². The maximum Gasteiger partial charge on any atom is 0.338 e. The molecule has 0 radical (unpaired) electrons. The molecule has 1 heterocycles. The van der Waals surface area contributed by atoms with Gasteiger partial charge in [0.05, 0.1) is 35.6 Å². The number of fused-ring (bicyclic) bond motifs is 5. The number of aliphatic hydroxyl groups excluding tert-OH is 2. The van der Waals surface area contributed by atoms with Crippen molar-refractivity contribution < 1.29 is 77.2 Å². The summed E-state index contributed by atoms with van der Waals surface area (Å²) in [5, 5.41) is 40.2. The number of nitrogens with one attached hydrogen (secondary N) is 1. The van der Waals surface area contributed by atoms with E-state index in [1.807, 2.05) is 0 Å². The second-order valence-corrected chi connectivity index (χ2v) is 17.6. The molecule has 18 heteroatoms. The average molecular weight is 918 g/mol. The van der Waals surface area contributed by atoms with Crippen molar-refractivity contribution in [2.75, 3.05) is 6.61 Å². The molecule has 3 aromatic carbocycles. The summed E-state index contributed by atoms with van der Waals surface area (Å²) in [7, 11) is -0.833. The molecule has 11 atom stereocenters. The third kappa shape index (κ3) is 8.76. The zero-order chi connectivity index (χ0) is 47.6. The Labute approximate surface area is 376 Å². The number of esters is 4. The highest BCUT2D eigenvalue weighted by molar-refractivity contribution is 7.16. The fraction of sp³-hybridized carbons (Fsp3) is 0.447. The number of carbonyl (C=O) groups excluding carboxylic acids is 6. The van der Waals surface area contributed by atoms with Gasteiger partial charge in [0.2, 0.25) is 0 Å². The van der Waals surface area contributed by atoms with Gasteiger partial charge in [-0.3, -0.25) is 19.2 Å². The molecule has 4 aliphatic rings. The summed E-state index contributed by atoms with van der Waals surface area (Å²) in [5.41, 5.74) is -7.02. The second-order valence-electron chi connectivity index (χ2n) is 17.4. The smallest absolute Gasteiger partial charge is 0.338 e. The van der Waals surface area contributed by atoms with Gasteiger partial charge in [0.25, 0.3) is 5.91 Å². The Bertz CT molecular complexity index is 2340. The van der Waals surface area contributed by atoms with Crippen LogP contribution in [0.1, 0.15) is 86.7 Å². The number of ketones is 1. The van der Waals surface area contributed by atoms with E-state index < -0.39 is 121 Å². The van der Waals surface area contributed by atoms with Gasteiger partial charge in [-0.05, 0) is 54.8 Å². The van der Waals surface area contributed by atoms with Gasteiger partial charge in [0, 0.05) is 37.7 Å². The minimum atomic E-state index is -2.39. The number of ether oxygens (including phenoxy) is 5. The molecule has 1 aliphatic heterocycles. The van der Waals surface area contributed by atoms with Crippen molar-refractivity contribution in [1.29, 1.82) is 0 Å². The predicted molar refractivity (Wildman–Crippen MR) is 228 cm³/mol. The molecule has 0 spiro atoms. The summed E-state index contributed by atoms with van der Waals surface area (Å²) in [6.45, 7) is 7.97. The van der Waals surface area contributed by atoms with Crippen LogP contribution >= 0.6 is 8.69 Å². The van der Waals surface area contributed by atoms with E-state index in [-0.39, 0.29) is 35.3 Å². The van der Waals surface area contributed by atoms with E-state index in [0.717, 1.165) is 13.8 Å². The molecule has 2 saturated carbocycles. The van der Waals surface area contributed by atoms with E-state index in [1.54, 1.807) is 92.7 Å². The summed E-state index contributed by atoms with van der Waals surface area (Å²) >= 11 is 0. The number of carbonyl (C=O) groups is 6. The van der Waals surface area contributed by atoms with Crippen LogP contribution in [0.5, 0.6) is 0 Å². The van der Waals surface area contributed by atoms with Crippen molar-refractivity contribution in [2.45, 2.75) is 108 Å². The van der Waals surface area contributed by atoms with Crippen LogP contribution in [0.25, 0.3) is 0 Å². The van der Waals surface area contributed by atoms with Crippen LogP contribution < -0.4 is 5.32 Å². The topological polar surface area (TPSA) is 259 Å². The Morgan fingerprint density at radius 3 is 1.92 bits per heavy atom. The van der Waals surface area contributed by atoms with Gasteiger partial charge in [-0.1, -0.05) is 80.6 Å². The van der Waals surface area contributed by atoms with Crippen molar-refractivity contribution >= 4 is 44.3 Å². The van der Waals surface area contributed by atoms with Gasteiger partial charge in [0.1, 0.15) is 23.9 Å². The number of hydrogen-bond acceptors (Lipinski definition) is 15. The highest BCUT2D eigenvalue weighted by Crippen LogP contribution is 2.64. The van der Waals surface area contributed by atoms with E-state index >= 15 is 4.79 Å². The first-order valence-corrected chi connectivity index (χ1v) is 21.6. The molecule has 0 unspecified atom stereocenters. The SMILES string of the molecule is CC(=O)O[C@H]1C(=O)[C@@]2(C)[C@H]([C@H](OC(=O)c3ccccc3)[C@]3(O)C[C@H](OC(=O)[C@H](O)[C@@H](NC(=O)c4ccccc4)c4ccccc4)C(C)=C1C3(C)C)[C@]1(OC(C)=O)CO[C@@H]1C[C@@H]2O.O=PO. The first-order valence-electron chi connectivity index (χ1n) is 20.9. The molecule has 1 amide bonds. The summed E-state index contributed by atoms with van der Waals surface area (Å²) < 4.78 is 38.7. The lowest BCUT2D eigenvalue weighted by molar-refractivity contribution is -0.346. The van der Waals surface area contributed by atoms with Crippen molar-refractivity contribution in [3.8, 4) is 0 Å². The highest BCUT2D eigenvalue weighted by Gasteiger charge is 2.78. The molecule has 3 aromatic rings. The summed E-state index contributed by atoms with van der Waals surface area (Å²) in [5.74, 6) is -6.84. The van der Waals surface area contributed by atoms with Gasteiger partial charge in [-0.2, -0.15) is 0 Å². The van der Waals surface area contributed by atoms with Crippen molar-refractivity contribution in [1.82, 2.24) is 5.32 Å². The van der Waals surface area contributed by atoms with Crippen LogP contribution in [0.4, 0.5) is 0 Å². The van der Waals surface area contributed by atoms with E-state index in [0.29, 0.717) is 5.56 Å². The molecule has 5 N–H and O–H groups in total. The van der Waals surface area contributed by atoms with Crippen molar-refractivity contribution in [3.05, 3.63) is 119 Å². The van der Waals surface area contributed by atoms with Crippen LogP contribution in [-0.2, 0) is 47.4 Å². The van der Waals surface area contributed by atoms with E-state index in [4.69, 9.17) is 33.1 Å². The molecule has 65 heavy (non-hydrogen) atoms. The van der Waals surface area contributed by atoms with Gasteiger partial charge < -0.3 is 49.2 Å². The molecule has 17 nitrogen and oxygen atoms in total. The predicted octanol–water partition coefficient (Wildman–Crippen LogP) is 3.92. The first kappa shape index (κ1) is 48.8. The Balaban J connectivity index is 0.00000227. The van der Waals surface area contributed by atoms with Crippen molar-refractivity contribution in [3.63, 3.8) is 0 Å². The Morgan fingerprint density at radius 1 is 0.846 bits per heavy atom. The lowest BCUT2D eigenvalue weighted by atomic mass is 9.44. The molecule has 0 aromatic heterocycles. The van der Waals surface area contributed by atoms with Crippen LogP contribution in [0.2, 0.25) is 0 Å². The molecule has 346 valence electrons.